The van der Waals surface area contributed by atoms with Crippen LogP contribution in [0.2, 0.25) is 0 Å². The van der Waals surface area contributed by atoms with Gasteiger partial charge in [0, 0.05) is 25.7 Å². The summed E-state index contributed by atoms with van der Waals surface area (Å²) >= 11 is 0. The van der Waals surface area contributed by atoms with E-state index in [0.29, 0.717) is 5.75 Å². The fourth-order valence-electron chi connectivity index (χ4n) is 3.65. The van der Waals surface area contributed by atoms with E-state index in [-0.39, 0.29) is 18.0 Å². The van der Waals surface area contributed by atoms with Crippen LogP contribution >= 0.6 is 0 Å². The van der Waals surface area contributed by atoms with Crippen molar-refractivity contribution in [2.75, 3.05) is 0 Å². The number of halogens is 1. The van der Waals surface area contributed by atoms with Crippen LogP contribution < -0.4 is 10.3 Å². The number of benzene rings is 2. The lowest BCUT2D eigenvalue weighted by atomic mass is 10.2. The fourth-order valence-corrected chi connectivity index (χ4v) is 3.65. The van der Waals surface area contributed by atoms with Gasteiger partial charge >= 0.3 is 0 Å². The molecule has 6 heteroatoms. The molecule has 1 saturated carbocycles. The van der Waals surface area contributed by atoms with Crippen LogP contribution in [0.25, 0.3) is 16.7 Å². The summed E-state index contributed by atoms with van der Waals surface area (Å²) in [6.45, 7) is 0.272. The monoisotopic (exact) mass is 403 g/mol. The van der Waals surface area contributed by atoms with Crippen LogP contribution in [-0.2, 0) is 20.1 Å². The molecule has 1 aliphatic rings. The molecule has 0 spiro atoms. The molecule has 0 amide bonds. The Morgan fingerprint density at radius 2 is 1.90 bits per heavy atom. The highest BCUT2D eigenvalue weighted by molar-refractivity contribution is 5.78. The minimum absolute atomic E-state index is 0.175. The molecule has 5 rings (SSSR count). The number of aryl methyl sites for hydroxylation is 1. The average molecular weight is 403 g/mol. The van der Waals surface area contributed by atoms with Gasteiger partial charge in [-0.3, -0.25) is 9.36 Å². The number of aromatic nitrogens is 3. The predicted molar refractivity (Wildman–Crippen MR) is 113 cm³/mol. The number of rotatable bonds is 6. The molecule has 1 fully saturated rings. The van der Waals surface area contributed by atoms with Crippen LogP contribution in [0.15, 0.2) is 65.6 Å². The van der Waals surface area contributed by atoms with E-state index in [2.05, 4.69) is 4.57 Å². The van der Waals surface area contributed by atoms with Crippen LogP contribution in [0, 0.1) is 11.7 Å². The number of hydrogen-bond donors (Lipinski definition) is 0. The third kappa shape index (κ3) is 3.73. The van der Waals surface area contributed by atoms with Crippen molar-refractivity contribution in [3.8, 4) is 11.4 Å². The number of ether oxygens (including phenoxy) is 1. The van der Waals surface area contributed by atoms with Gasteiger partial charge in [-0.1, -0.05) is 12.1 Å². The van der Waals surface area contributed by atoms with Crippen molar-refractivity contribution >= 4 is 11.0 Å². The number of fused-ring (bicyclic) bond motifs is 1. The van der Waals surface area contributed by atoms with Crippen LogP contribution in [0.1, 0.15) is 24.2 Å². The van der Waals surface area contributed by atoms with E-state index >= 15 is 0 Å². The first kappa shape index (κ1) is 18.6. The number of hydrogen-bond acceptors (Lipinski definition) is 3. The van der Waals surface area contributed by atoms with Crippen molar-refractivity contribution in [2.24, 2.45) is 13.0 Å². The summed E-state index contributed by atoms with van der Waals surface area (Å²) in [5.74, 6) is 2.06. The molecule has 5 nitrogen and oxygen atoms in total. The molecular formula is C24H22FN3O2. The quantitative estimate of drug-likeness (QED) is 0.480. The van der Waals surface area contributed by atoms with Gasteiger partial charge in [0.2, 0.25) is 0 Å². The molecule has 0 radical (unpaired) electrons. The molecule has 0 atom stereocenters. The third-order valence-electron chi connectivity index (χ3n) is 5.61. The van der Waals surface area contributed by atoms with Crippen molar-refractivity contribution < 1.29 is 9.13 Å². The van der Waals surface area contributed by atoms with Crippen molar-refractivity contribution in [2.45, 2.75) is 25.9 Å². The van der Waals surface area contributed by atoms with E-state index in [1.165, 1.54) is 31.0 Å². The second-order valence-corrected chi connectivity index (χ2v) is 7.89. The van der Waals surface area contributed by atoms with Crippen LogP contribution in [-0.4, -0.2) is 14.1 Å². The largest absolute Gasteiger partial charge is 0.489 e. The second kappa shape index (κ2) is 7.44. The zero-order chi connectivity index (χ0) is 20.7. The minimum Gasteiger partial charge on any atom is -0.489 e. The van der Waals surface area contributed by atoms with E-state index in [4.69, 9.17) is 9.72 Å². The summed E-state index contributed by atoms with van der Waals surface area (Å²) in [6, 6.07) is 15.2. The van der Waals surface area contributed by atoms with Gasteiger partial charge in [-0.25, -0.2) is 9.37 Å². The average Bonchev–Trinajstić information content (AvgIpc) is 3.51. The molecule has 0 unspecified atom stereocenters. The van der Waals surface area contributed by atoms with Gasteiger partial charge < -0.3 is 9.30 Å². The summed E-state index contributed by atoms with van der Waals surface area (Å²) in [5, 5.41) is 0. The normalized spacial score (nSPS) is 13.7. The lowest BCUT2D eigenvalue weighted by Crippen LogP contribution is -2.16. The minimum atomic E-state index is -0.286. The molecule has 2 heterocycles. The predicted octanol–water partition coefficient (Wildman–Crippen LogP) is 4.39. The third-order valence-corrected chi connectivity index (χ3v) is 5.61. The first-order valence-corrected chi connectivity index (χ1v) is 10.1. The number of imidazole rings is 1. The zero-order valence-electron chi connectivity index (χ0n) is 16.7. The number of pyridine rings is 1. The molecule has 0 N–H and O–H groups in total. The smallest absolute Gasteiger partial charge is 0.258 e. The van der Waals surface area contributed by atoms with Gasteiger partial charge in [0.1, 0.15) is 24.0 Å². The molecule has 4 aromatic rings. The zero-order valence-corrected chi connectivity index (χ0v) is 16.7. The van der Waals surface area contributed by atoms with Crippen LogP contribution in [0.3, 0.4) is 0 Å². The van der Waals surface area contributed by atoms with E-state index in [1.54, 1.807) is 29.0 Å². The molecule has 152 valence electrons. The maximum atomic E-state index is 13.0. The Balaban J connectivity index is 1.38. The van der Waals surface area contributed by atoms with E-state index in [9.17, 15) is 9.18 Å². The summed E-state index contributed by atoms with van der Waals surface area (Å²) in [6.07, 6.45) is 5.31. The highest BCUT2D eigenvalue weighted by atomic mass is 19.1. The maximum Gasteiger partial charge on any atom is 0.258 e. The molecule has 30 heavy (non-hydrogen) atoms. The Morgan fingerprint density at radius 3 is 2.63 bits per heavy atom. The van der Waals surface area contributed by atoms with E-state index in [0.717, 1.165) is 40.4 Å². The molecular weight excluding hydrogens is 381 g/mol. The van der Waals surface area contributed by atoms with Gasteiger partial charge in [-0.05, 0) is 60.7 Å². The van der Waals surface area contributed by atoms with Gasteiger partial charge in [0.05, 0.1) is 16.7 Å². The highest BCUT2D eigenvalue weighted by Crippen LogP contribution is 2.33. The lowest BCUT2D eigenvalue weighted by molar-refractivity contribution is 0.305. The van der Waals surface area contributed by atoms with Crippen molar-refractivity contribution in [3.05, 3.63) is 88.4 Å². The van der Waals surface area contributed by atoms with Gasteiger partial charge in [0.25, 0.3) is 5.56 Å². The second-order valence-electron chi connectivity index (χ2n) is 7.89. The molecule has 1 aliphatic carbocycles. The molecule has 0 bridgehead atoms. The molecule has 2 aromatic heterocycles. The SMILES string of the molecule is Cn1c(CC2CC2)nc2ccc(-n3ccc(OCc4ccc(F)cc4)cc3=O)cc21. The standard InChI is InChI=1S/C24H22FN3O2/c1-27-22-13-19(8-9-21(22)26-23(27)12-16-2-3-16)28-11-10-20(14-24(28)29)30-15-17-4-6-18(25)7-5-17/h4-11,13-14,16H,2-3,12,15H2,1H3. The van der Waals surface area contributed by atoms with Gasteiger partial charge in [0.15, 0.2) is 0 Å². The molecule has 0 saturated heterocycles. The van der Waals surface area contributed by atoms with E-state index in [1.807, 2.05) is 25.2 Å². The Hall–Kier alpha value is -3.41. The fraction of sp³-hybridized carbons (Fsp3) is 0.250. The van der Waals surface area contributed by atoms with E-state index < -0.39 is 0 Å². The van der Waals surface area contributed by atoms with Crippen molar-refractivity contribution in [1.82, 2.24) is 14.1 Å². The first-order valence-electron chi connectivity index (χ1n) is 10.1. The van der Waals surface area contributed by atoms with Crippen LogP contribution in [0.5, 0.6) is 5.75 Å². The van der Waals surface area contributed by atoms with Crippen molar-refractivity contribution in [1.29, 1.82) is 0 Å². The maximum absolute atomic E-state index is 13.0. The van der Waals surface area contributed by atoms with Gasteiger partial charge in [-0.15, -0.1) is 0 Å². The Kier molecular flexibility index (Phi) is 4.62. The Bertz CT molecular complexity index is 1270. The van der Waals surface area contributed by atoms with Crippen molar-refractivity contribution in [3.63, 3.8) is 0 Å². The summed E-state index contributed by atoms with van der Waals surface area (Å²) in [5.41, 5.74) is 3.42. The summed E-state index contributed by atoms with van der Waals surface area (Å²) in [4.78, 5) is 17.4. The van der Waals surface area contributed by atoms with Gasteiger partial charge in [-0.2, -0.15) is 0 Å². The lowest BCUT2D eigenvalue weighted by Gasteiger charge is -2.09. The first-order chi connectivity index (χ1) is 14.6. The highest BCUT2D eigenvalue weighted by Gasteiger charge is 2.24. The summed E-state index contributed by atoms with van der Waals surface area (Å²) in [7, 11) is 2.03. The molecule has 2 aromatic carbocycles. The Labute approximate surface area is 173 Å². The Morgan fingerprint density at radius 1 is 1.10 bits per heavy atom. The summed E-state index contributed by atoms with van der Waals surface area (Å²) < 4.78 is 22.4. The van der Waals surface area contributed by atoms with Crippen LogP contribution in [0.4, 0.5) is 4.39 Å². The number of nitrogens with zero attached hydrogens (tertiary/aromatic N) is 3. The molecule has 0 aliphatic heterocycles. The topological polar surface area (TPSA) is 49.0 Å².